The van der Waals surface area contributed by atoms with Crippen molar-refractivity contribution >= 4 is 34.5 Å². The Balaban J connectivity index is 1.29. The molecule has 0 bridgehead atoms. The number of aromatic amines is 1. The molecule has 7 heteroatoms. The molecule has 2 aromatic carbocycles. The fourth-order valence-electron chi connectivity index (χ4n) is 4.38. The molecule has 170 valence electrons. The molecule has 1 aromatic heterocycles. The van der Waals surface area contributed by atoms with Crippen LogP contribution in [0.1, 0.15) is 33.8 Å². The summed E-state index contributed by atoms with van der Waals surface area (Å²) < 4.78 is 5.84. The lowest BCUT2D eigenvalue weighted by Gasteiger charge is -2.12. The van der Waals surface area contributed by atoms with Gasteiger partial charge in [-0.15, -0.1) is 0 Å². The molecule has 3 N–H and O–H groups in total. The van der Waals surface area contributed by atoms with E-state index in [4.69, 9.17) is 4.74 Å². The monoisotopic (exact) mass is 444 g/mol. The Kier molecular flexibility index (Phi) is 5.64. The van der Waals surface area contributed by atoms with Crippen LogP contribution >= 0.6 is 0 Å². The number of H-pyrrole nitrogens is 1. The van der Waals surface area contributed by atoms with Crippen molar-refractivity contribution in [2.24, 2.45) is 5.92 Å². The smallest absolute Gasteiger partial charge is 0.252 e. The van der Waals surface area contributed by atoms with Gasteiger partial charge < -0.3 is 25.3 Å². The van der Waals surface area contributed by atoms with Gasteiger partial charge in [-0.25, -0.2) is 0 Å². The number of amides is 2. The number of likely N-dealkylation sites (N-methyl/N-ethyl adjacent to an activating group) is 1. The van der Waals surface area contributed by atoms with E-state index in [-0.39, 0.29) is 23.7 Å². The molecule has 7 nitrogen and oxygen atoms in total. The van der Waals surface area contributed by atoms with Gasteiger partial charge in [0.2, 0.25) is 5.91 Å². The number of rotatable bonds is 7. The maximum atomic E-state index is 13.0. The second-order valence-corrected chi connectivity index (χ2v) is 8.96. The van der Waals surface area contributed by atoms with Gasteiger partial charge in [0.15, 0.2) is 0 Å². The van der Waals surface area contributed by atoms with E-state index >= 15 is 0 Å². The van der Waals surface area contributed by atoms with Crippen LogP contribution < -0.4 is 15.4 Å². The molecule has 0 radical (unpaired) electrons. The molecule has 2 heterocycles. The van der Waals surface area contributed by atoms with E-state index in [1.165, 1.54) is 0 Å². The number of benzene rings is 2. The van der Waals surface area contributed by atoms with E-state index < -0.39 is 0 Å². The largest absolute Gasteiger partial charge is 0.492 e. The molecule has 0 spiro atoms. The van der Waals surface area contributed by atoms with Crippen LogP contribution in [-0.4, -0.2) is 55.5 Å². The summed E-state index contributed by atoms with van der Waals surface area (Å²) in [7, 11) is 4.03. The normalized spacial score (nSPS) is 19.2. The van der Waals surface area contributed by atoms with Gasteiger partial charge in [-0.1, -0.05) is 24.3 Å². The molecule has 2 amide bonds. The first kappa shape index (κ1) is 21.3. The lowest BCUT2D eigenvalue weighted by Crippen LogP contribution is -2.24. The highest BCUT2D eigenvalue weighted by molar-refractivity contribution is 6.12. The lowest BCUT2D eigenvalue weighted by molar-refractivity contribution is -0.117. The van der Waals surface area contributed by atoms with Crippen molar-refractivity contribution in [3.05, 3.63) is 65.4 Å². The number of ether oxygens (including phenoxy) is 1. The van der Waals surface area contributed by atoms with Crippen LogP contribution in [0.2, 0.25) is 0 Å². The molecule has 1 saturated carbocycles. The molecule has 1 aliphatic heterocycles. The van der Waals surface area contributed by atoms with Crippen LogP contribution in [0.4, 0.5) is 5.69 Å². The molecule has 1 aliphatic carbocycles. The summed E-state index contributed by atoms with van der Waals surface area (Å²) in [6.45, 7) is 1.95. The molecule has 5 rings (SSSR count). The van der Waals surface area contributed by atoms with E-state index in [0.29, 0.717) is 24.4 Å². The van der Waals surface area contributed by atoms with Crippen molar-refractivity contribution in [2.45, 2.75) is 12.3 Å². The van der Waals surface area contributed by atoms with Gasteiger partial charge in [-0.05, 0) is 56.3 Å². The first-order chi connectivity index (χ1) is 16.0. The first-order valence-electron chi connectivity index (χ1n) is 11.3. The number of hydrogen-bond acceptors (Lipinski definition) is 4. The number of nitrogens with zero attached hydrogens (tertiary/aromatic N) is 1. The number of carbonyl (C=O) groups excluding carboxylic acids is 2. The third-order valence-electron chi connectivity index (χ3n) is 6.22. The van der Waals surface area contributed by atoms with Crippen LogP contribution in [0.3, 0.4) is 0 Å². The summed E-state index contributed by atoms with van der Waals surface area (Å²) in [6.07, 6.45) is 6.61. The summed E-state index contributed by atoms with van der Waals surface area (Å²) in [5, 5.41) is 6.78. The predicted molar refractivity (Wildman–Crippen MR) is 130 cm³/mol. The van der Waals surface area contributed by atoms with E-state index in [0.717, 1.165) is 40.7 Å². The SMILES string of the molecule is CN(C)CCOc1cccc(C2CC2C(=O)Nc2cc3c4c(c[nH]c4c2)C=CCNC3=O)c1. The van der Waals surface area contributed by atoms with Crippen LogP contribution in [0.5, 0.6) is 5.75 Å². The second kappa shape index (κ2) is 8.75. The molecule has 1 fully saturated rings. The van der Waals surface area contributed by atoms with Gasteiger partial charge in [0, 0.05) is 47.4 Å². The summed E-state index contributed by atoms with van der Waals surface area (Å²) in [6, 6.07) is 11.7. The second-order valence-electron chi connectivity index (χ2n) is 8.96. The predicted octanol–water partition coefficient (Wildman–Crippen LogP) is 3.61. The van der Waals surface area contributed by atoms with Crippen LogP contribution in [0.25, 0.3) is 17.0 Å². The third-order valence-corrected chi connectivity index (χ3v) is 6.22. The molecule has 2 aliphatic rings. The minimum Gasteiger partial charge on any atom is -0.492 e. The number of aromatic nitrogens is 1. The van der Waals surface area contributed by atoms with Crippen molar-refractivity contribution in [2.75, 3.05) is 39.1 Å². The van der Waals surface area contributed by atoms with Crippen molar-refractivity contribution in [1.29, 1.82) is 0 Å². The highest BCUT2D eigenvalue weighted by atomic mass is 16.5. The highest BCUT2D eigenvalue weighted by Gasteiger charge is 2.44. The summed E-state index contributed by atoms with van der Waals surface area (Å²) in [5.74, 6) is 0.761. The minimum atomic E-state index is -0.142. The Morgan fingerprint density at radius 3 is 2.97 bits per heavy atom. The van der Waals surface area contributed by atoms with Crippen molar-refractivity contribution in [3.63, 3.8) is 0 Å². The van der Waals surface area contributed by atoms with Gasteiger partial charge in [-0.3, -0.25) is 9.59 Å². The Morgan fingerprint density at radius 1 is 1.24 bits per heavy atom. The number of carbonyl (C=O) groups is 2. The van der Waals surface area contributed by atoms with Gasteiger partial charge in [0.1, 0.15) is 12.4 Å². The van der Waals surface area contributed by atoms with E-state index in [9.17, 15) is 9.59 Å². The number of anilines is 1. The van der Waals surface area contributed by atoms with E-state index in [1.807, 2.05) is 56.7 Å². The van der Waals surface area contributed by atoms with Gasteiger partial charge in [0.25, 0.3) is 5.91 Å². The van der Waals surface area contributed by atoms with Crippen molar-refractivity contribution in [1.82, 2.24) is 15.2 Å². The fraction of sp³-hybridized carbons (Fsp3) is 0.308. The Labute approximate surface area is 192 Å². The average molecular weight is 445 g/mol. The average Bonchev–Trinajstić information content (AvgIpc) is 3.49. The van der Waals surface area contributed by atoms with Gasteiger partial charge in [-0.2, -0.15) is 0 Å². The topological polar surface area (TPSA) is 86.5 Å². The number of hydrogen-bond donors (Lipinski definition) is 3. The number of nitrogens with one attached hydrogen (secondary N) is 3. The Bertz CT molecular complexity index is 1240. The van der Waals surface area contributed by atoms with Crippen LogP contribution in [0.15, 0.2) is 48.7 Å². The molecular weight excluding hydrogens is 416 g/mol. The summed E-state index contributed by atoms with van der Waals surface area (Å²) in [4.78, 5) is 30.9. The van der Waals surface area contributed by atoms with Crippen molar-refractivity contribution < 1.29 is 14.3 Å². The molecule has 2 atom stereocenters. The van der Waals surface area contributed by atoms with Crippen LogP contribution in [0, 0.1) is 5.92 Å². The Hall–Kier alpha value is -3.58. The molecular formula is C26H28N4O3. The standard InChI is InChI=1S/C26H28N4O3/c1-30(2)9-10-33-19-7-3-5-16(11-19)20-14-21(20)26(32)29-18-12-22-24-17(15-28-23(24)13-18)6-4-8-27-25(22)31/h3-7,11-13,15,20-21,28H,8-10,14H2,1-2H3,(H,27,31)(H,29,32). The third kappa shape index (κ3) is 4.50. The molecule has 0 saturated heterocycles. The first-order valence-corrected chi connectivity index (χ1v) is 11.3. The van der Waals surface area contributed by atoms with Gasteiger partial charge in [0.05, 0.1) is 5.56 Å². The van der Waals surface area contributed by atoms with Crippen molar-refractivity contribution in [3.8, 4) is 5.75 Å². The Morgan fingerprint density at radius 2 is 2.12 bits per heavy atom. The summed E-state index contributed by atoms with van der Waals surface area (Å²) in [5.41, 5.74) is 4.12. The zero-order valence-electron chi connectivity index (χ0n) is 18.9. The highest BCUT2D eigenvalue weighted by Crippen LogP contribution is 2.48. The zero-order valence-corrected chi connectivity index (χ0v) is 18.9. The summed E-state index contributed by atoms with van der Waals surface area (Å²) >= 11 is 0. The zero-order chi connectivity index (χ0) is 22.9. The molecule has 2 unspecified atom stereocenters. The lowest BCUT2D eigenvalue weighted by atomic mass is 10.0. The maximum Gasteiger partial charge on any atom is 0.252 e. The minimum absolute atomic E-state index is 0.0246. The fourth-order valence-corrected chi connectivity index (χ4v) is 4.38. The van der Waals surface area contributed by atoms with E-state index in [2.05, 4.69) is 26.6 Å². The van der Waals surface area contributed by atoms with E-state index in [1.54, 1.807) is 6.07 Å². The quantitative estimate of drug-likeness (QED) is 0.520. The maximum absolute atomic E-state index is 13.0. The van der Waals surface area contributed by atoms with Crippen LogP contribution in [-0.2, 0) is 4.79 Å². The van der Waals surface area contributed by atoms with Gasteiger partial charge >= 0.3 is 0 Å². The molecule has 33 heavy (non-hydrogen) atoms. The molecule has 3 aromatic rings.